The summed E-state index contributed by atoms with van der Waals surface area (Å²) in [4.78, 5) is 0. The Morgan fingerprint density at radius 3 is 1.78 bits per heavy atom. The molecule has 0 saturated carbocycles. The van der Waals surface area contributed by atoms with Crippen LogP contribution in [0.2, 0.25) is 0 Å². The maximum absolute atomic E-state index is 3.27. The fourth-order valence-electron chi connectivity index (χ4n) is 0.798. The molecule has 2 N–H and O–H groups in total. The quantitative estimate of drug-likeness (QED) is 0.510. The van der Waals surface area contributed by atoms with Crippen molar-refractivity contribution in [2.24, 2.45) is 0 Å². The Kier molecular flexibility index (Phi) is 5.99. The molecular weight excluding hydrogens is 112 g/mol. The molecular formula is C7H18N2. The van der Waals surface area contributed by atoms with Crippen LogP contribution >= 0.6 is 0 Å². The fraction of sp³-hybridized carbons (Fsp3) is 1.00. The third-order valence-electron chi connectivity index (χ3n) is 1.25. The minimum absolute atomic E-state index is 0.536. The van der Waals surface area contributed by atoms with E-state index in [-0.39, 0.29) is 0 Å². The van der Waals surface area contributed by atoms with Gasteiger partial charge < -0.3 is 10.6 Å². The van der Waals surface area contributed by atoms with E-state index in [1.165, 1.54) is 19.5 Å². The van der Waals surface area contributed by atoms with E-state index in [1.807, 2.05) is 13.8 Å². The minimum Gasteiger partial charge on any atom is -0.302 e. The van der Waals surface area contributed by atoms with Gasteiger partial charge in [0.05, 0.1) is 6.17 Å². The van der Waals surface area contributed by atoms with Crippen molar-refractivity contribution in [3.05, 3.63) is 0 Å². The van der Waals surface area contributed by atoms with Crippen LogP contribution in [0.1, 0.15) is 27.2 Å². The van der Waals surface area contributed by atoms with E-state index in [0.29, 0.717) is 6.17 Å². The number of hydrogen-bond donors (Lipinski definition) is 2. The first-order chi connectivity index (χ1) is 4.39. The summed E-state index contributed by atoms with van der Waals surface area (Å²) in [6.07, 6.45) is 1.80. The molecule has 0 aromatic carbocycles. The summed E-state index contributed by atoms with van der Waals surface area (Å²) >= 11 is 0. The second-order valence-corrected chi connectivity index (χ2v) is 1.98. The van der Waals surface area contributed by atoms with Crippen LogP contribution in [0.15, 0.2) is 0 Å². The average Bonchev–Trinajstić information content (AvgIpc) is 1.94. The second kappa shape index (κ2) is 6.05. The van der Waals surface area contributed by atoms with Gasteiger partial charge in [-0.2, -0.15) is 0 Å². The highest BCUT2D eigenvalue weighted by Gasteiger charge is 2.02. The molecule has 1 fully saturated rings. The van der Waals surface area contributed by atoms with Crippen molar-refractivity contribution in [1.29, 1.82) is 0 Å². The maximum atomic E-state index is 3.27. The first kappa shape index (κ1) is 8.92. The predicted molar refractivity (Wildman–Crippen MR) is 41.4 cm³/mol. The Balaban J connectivity index is 0.000000291. The normalized spacial score (nSPS) is 20.3. The van der Waals surface area contributed by atoms with Gasteiger partial charge in [0.15, 0.2) is 0 Å². The molecule has 0 aromatic heterocycles. The van der Waals surface area contributed by atoms with Gasteiger partial charge in [0, 0.05) is 0 Å². The van der Waals surface area contributed by atoms with Gasteiger partial charge in [-0.3, -0.25) is 0 Å². The highest BCUT2D eigenvalue weighted by atomic mass is 15.1. The fourth-order valence-corrected chi connectivity index (χ4v) is 0.798. The standard InChI is InChI=1S/C5H12N2.C2H6/c1-5-6-3-2-4-7-5;1-2/h5-7H,2-4H2,1H3;1-2H3. The first-order valence-electron chi connectivity index (χ1n) is 3.86. The Bertz CT molecular complexity index is 48.9. The lowest BCUT2D eigenvalue weighted by atomic mass is 10.3. The molecule has 9 heavy (non-hydrogen) atoms. The van der Waals surface area contributed by atoms with Crippen molar-refractivity contribution >= 4 is 0 Å². The highest BCUT2D eigenvalue weighted by Crippen LogP contribution is 1.84. The summed E-state index contributed by atoms with van der Waals surface area (Å²) in [6, 6.07) is 0. The van der Waals surface area contributed by atoms with Crippen LogP contribution in [0.5, 0.6) is 0 Å². The van der Waals surface area contributed by atoms with Crippen LogP contribution in [-0.2, 0) is 0 Å². The van der Waals surface area contributed by atoms with Gasteiger partial charge in [0.1, 0.15) is 0 Å². The van der Waals surface area contributed by atoms with Gasteiger partial charge in [0.2, 0.25) is 0 Å². The lowest BCUT2D eigenvalue weighted by Crippen LogP contribution is -2.45. The summed E-state index contributed by atoms with van der Waals surface area (Å²) in [5.74, 6) is 0. The lowest BCUT2D eigenvalue weighted by molar-refractivity contribution is 0.394. The SMILES string of the molecule is CC.CC1NCCCN1. The first-order valence-corrected chi connectivity index (χ1v) is 3.86. The molecule has 1 saturated heterocycles. The van der Waals surface area contributed by atoms with Gasteiger partial charge in [-0.05, 0) is 26.4 Å². The highest BCUT2D eigenvalue weighted by molar-refractivity contribution is 4.64. The second-order valence-electron chi connectivity index (χ2n) is 1.98. The van der Waals surface area contributed by atoms with Crippen LogP contribution in [-0.4, -0.2) is 19.3 Å². The lowest BCUT2D eigenvalue weighted by Gasteiger charge is -2.20. The van der Waals surface area contributed by atoms with Gasteiger partial charge in [0.25, 0.3) is 0 Å². The zero-order valence-corrected chi connectivity index (χ0v) is 6.70. The molecule has 1 rings (SSSR count). The monoisotopic (exact) mass is 130 g/mol. The van der Waals surface area contributed by atoms with Crippen LogP contribution in [0.3, 0.4) is 0 Å². The van der Waals surface area contributed by atoms with E-state index in [0.717, 1.165) is 0 Å². The minimum atomic E-state index is 0.536. The van der Waals surface area contributed by atoms with Crippen molar-refractivity contribution < 1.29 is 0 Å². The molecule has 56 valence electrons. The van der Waals surface area contributed by atoms with Crippen LogP contribution in [0.4, 0.5) is 0 Å². The molecule has 1 aliphatic heterocycles. The number of nitrogens with one attached hydrogen (secondary N) is 2. The summed E-state index contributed by atoms with van der Waals surface area (Å²) < 4.78 is 0. The van der Waals surface area contributed by atoms with Crippen molar-refractivity contribution in [1.82, 2.24) is 10.6 Å². The molecule has 2 heteroatoms. The number of hydrogen-bond acceptors (Lipinski definition) is 2. The molecule has 0 radical (unpaired) electrons. The smallest absolute Gasteiger partial charge is 0.0542 e. The van der Waals surface area contributed by atoms with E-state index in [9.17, 15) is 0 Å². The zero-order valence-electron chi connectivity index (χ0n) is 6.70. The summed E-state index contributed by atoms with van der Waals surface area (Å²) in [5.41, 5.74) is 0. The molecule has 0 amide bonds. The number of rotatable bonds is 0. The summed E-state index contributed by atoms with van der Waals surface area (Å²) in [7, 11) is 0. The van der Waals surface area contributed by atoms with Crippen molar-refractivity contribution in [2.75, 3.05) is 13.1 Å². The third-order valence-corrected chi connectivity index (χ3v) is 1.25. The van der Waals surface area contributed by atoms with Gasteiger partial charge in [-0.25, -0.2) is 0 Å². The van der Waals surface area contributed by atoms with E-state index in [4.69, 9.17) is 0 Å². The van der Waals surface area contributed by atoms with E-state index >= 15 is 0 Å². The predicted octanol–water partition coefficient (Wildman–Crippen LogP) is 0.942. The molecule has 0 atom stereocenters. The van der Waals surface area contributed by atoms with E-state index < -0.39 is 0 Å². The average molecular weight is 130 g/mol. The van der Waals surface area contributed by atoms with Crippen LogP contribution in [0, 0.1) is 0 Å². The third kappa shape index (κ3) is 4.43. The Labute approximate surface area is 58.0 Å². The molecule has 0 aliphatic carbocycles. The Morgan fingerprint density at radius 1 is 1.11 bits per heavy atom. The molecule has 0 aromatic rings. The van der Waals surface area contributed by atoms with Gasteiger partial charge in [-0.1, -0.05) is 13.8 Å². The van der Waals surface area contributed by atoms with Gasteiger partial charge >= 0.3 is 0 Å². The Morgan fingerprint density at radius 2 is 1.56 bits per heavy atom. The van der Waals surface area contributed by atoms with E-state index in [1.54, 1.807) is 0 Å². The topological polar surface area (TPSA) is 24.1 Å². The van der Waals surface area contributed by atoms with Crippen LogP contribution in [0.25, 0.3) is 0 Å². The van der Waals surface area contributed by atoms with Crippen molar-refractivity contribution in [2.45, 2.75) is 33.4 Å². The molecule has 0 spiro atoms. The molecule has 1 aliphatic rings. The van der Waals surface area contributed by atoms with Crippen molar-refractivity contribution in [3.63, 3.8) is 0 Å². The zero-order chi connectivity index (χ0) is 7.11. The van der Waals surface area contributed by atoms with E-state index in [2.05, 4.69) is 17.6 Å². The molecule has 2 nitrogen and oxygen atoms in total. The maximum Gasteiger partial charge on any atom is 0.0542 e. The van der Waals surface area contributed by atoms with Gasteiger partial charge in [-0.15, -0.1) is 0 Å². The molecule has 0 unspecified atom stereocenters. The van der Waals surface area contributed by atoms with Crippen molar-refractivity contribution in [3.8, 4) is 0 Å². The summed E-state index contributed by atoms with van der Waals surface area (Å²) in [5, 5.41) is 6.54. The molecule has 1 heterocycles. The van der Waals surface area contributed by atoms with Crippen LogP contribution < -0.4 is 10.6 Å². The largest absolute Gasteiger partial charge is 0.302 e. The Hall–Kier alpha value is -0.0800. The summed E-state index contributed by atoms with van der Waals surface area (Å²) in [6.45, 7) is 8.49. The molecule has 0 bridgehead atoms.